The average Bonchev–Trinajstić information content (AvgIpc) is 2.50. The zero-order valence-corrected chi connectivity index (χ0v) is 12.2. The van der Waals surface area contributed by atoms with Crippen molar-refractivity contribution in [3.8, 4) is 0 Å². The van der Waals surface area contributed by atoms with E-state index in [2.05, 4.69) is 10.2 Å². The summed E-state index contributed by atoms with van der Waals surface area (Å²) in [5.74, 6) is 0. The molecule has 0 heterocycles. The van der Waals surface area contributed by atoms with Crippen molar-refractivity contribution >= 4 is 17.1 Å². The fourth-order valence-electron chi connectivity index (χ4n) is 1.93. The molecule has 0 bridgehead atoms. The number of nitrogens with two attached hydrogens (primary N) is 1. The molecular formula is C16H19N3O2. The largest absolute Gasteiger partial charge is 0.398 e. The van der Waals surface area contributed by atoms with E-state index in [1.165, 1.54) is 0 Å². The van der Waals surface area contributed by atoms with E-state index in [1.807, 2.05) is 42.5 Å². The van der Waals surface area contributed by atoms with Crippen LogP contribution < -0.4 is 5.73 Å². The number of methoxy groups -OCH3 is 2. The summed E-state index contributed by atoms with van der Waals surface area (Å²) in [5.41, 5.74) is 10.0. The van der Waals surface area contributed by atoms with Gasteiger partial charge in [-0.15, -0.1) is 0 Å². The van der Waals surface area contributed by atoms with Crippen LogP contribution in [0, 0.1) is 0 Å². The van der Waals surface area contributed by atoms with Crippen molar-refractivity contribution in [1.82, 2.24) is 0 Å². The number of azo groups is 1. The molecule has 5 heteroatoms. The second kappa shape index (κ2) is 7.52. The van der Waals surface area contributed by atoms with Crippen LogP contribution in [-0.4, -0.2) is 14.2 Å². The van der Waals surface area contributed by atoms with Crippen LogP contribution in [0.5, 0.6) is 0 Å². The minimum absolute atomic E-state index is 0.454. The third kappa shape index (κ3) is 4.11. The summed E-state index contributed by atoms with van der Waals surface area (Å²) in [6, 6.07) is 13.3. The van der Waals surface area contributed by atoms with E-state index in [9.17, 15) is 0 Å². The Hall–Kier alpha value is -2.24. The van der Waals surface area contributed by atoms with Crippen molar-refractivity contribution in [3.63, 3.8) is 0 Å². The maximum Gasteiger partial charge on any atom is 0.0912 e. The third-order valence-electron chi connectivity index (χ3n) is 2.99. The van der Waals surface area contributed by atoms with Crippen molar-refractivity contribution in [1.29, 1.82) is 0 Å². The Morgan fingerprint density at radius 3 is 2.38 bits per heavy atom. The molecule has 2 aromatic carbocycles. The first-order valence-corrected chi connectivity index (χ1v) is 6.60. The van der Waals surface area contributed by atoms with E-state index < -0.39 is 0 Å². The van der Waals surface area contributed by atoms with Gasteiger partial charge in [0, 0.05) is 31.0 Å². The Bertz CT molecular complexity index is 627. The van der Waals surface area contributed by atoms with Crippen molar-refractivity contribution in [2.24, 2.45) is 10.2 Å². The summed E-state index contributed by atoms with van der Waals surface area (Å²) >= 11 is 0. The van der Waals surface area contributed by atoms with Crippen LogP contribution in [-0.2, 0) is 22.7 Å². The topological polar surface area (TPSA) is 69.2 Å². The smallest absolute Gasteiger partial charge is 0.0912 e. The number of nitrogens with zero attached hydrogens (tertiary/aromatic N) is 2. The molecule has 5 nitrogen and oxygen atoms in total. The summed E-state index contributed by atoms with van der Waals surface area (Å²) in [4.78, 5) is 0. The van der Waals surface area contributed by atoms with Crippen LogP contribution in [0.25, 0.3) is 0 Å². The molecule has 0 aromatic heterocycles. The molecule has 21 heavy (non-hydrogen) atoms. The number of rotatable bonds is 6. The molecule has 0 spiro atoms. The van der Waals surface area contributed by atoms with Gasteiger partial charge in [0.2, 0.25) is 0 Å². The summed E-state index contributed by atoms with van der Waals surface area (Å²) in [7, 11) is 3.29. The van der Waals surface area contributed by atoms with Crippen molar-refractivity contribution < 1.29 is 9.47 Å². The number of anilines is 1. The molecule has 0 fully saturated rings. The summed E-state index contributed by atoms with van der Waals surface area (Å²) < 4.78 is 10.3. The normalized spacial score (nSPS) is 11.1. The molecule has 0 atom stereocenters. The number of nitrogen functional groups attached to an aromatic ring is 1. The van der Waals surface area contributed by atoms with Gasteiger partial charge >= 0.3 is 0 Å². The SMILES string of the molecule is COCc1cc(/N=N/c2ccccc2COC)ccc1N. The lowest BCUT2D eigenvalue weighted by atomic mass is 10.2. The van der Waals surface area contributed by atoms with Crippen LogP contribution in [0.4, 0.5) is 17.1 Å². The summed E-state index contributed by atoms with van der Waals surface area (Å²) in [6.45, 7) is 0.960. The minimum Gasteiger partial charge on any atom is -0.398 e. The van der Waals surface area contributed by atoms with E-state index in [0.29, 0.717) is 18.9 Å². The third-order valence-corrected chi connectivity index (χ3v) is 2.99. The van der Waals surface area contributed by atoms with Crippen LogP contribution in [0.2, 0.25) is 0 Å². The average molecular weight is 285 g/mol. The number of benzene rings is 2. The zero-order valence-electron chi connectivity index (χ0n) is 12.2. The Kier molecular flexibility index (Phi) is 5.43. The Morgan fingerprint density at radius 1 is 0.905 bits per heavy atom. The maximum atomic E-state index is 5.88. The molecule has 0 saturated heterocycles. The molecule has 0 unspecified atom stereocenters. The van der Waals surface area contributed by atoms with E-state index in [1.54, 1.807) is 14.2 Å². The van der Waals surface area contributed by atoms with Gasteiger partial charge in [-0.3, -0.25) is 0 Å². The van der Waals surface area contributed by atoms with Gasteiger partial charge < -0.3 is 15.2 Å². The molecule has 2 N–H and O–H groups in total. The van der Waals surface area contributed by atoms with Gasteiger partial charge in [-0.25, -0.2) is 0 Å². The van der Waals surface area contributed by atoms with Gasteiger partial charge in [0.05, 0.1) is 24.6 Å². The quantitative estimate of drug-likeness (QED) is 0.644. The van der Waals surface area contributed by atoms with Crippen molar-refractivity contribution in [2.75, 3.05) is 20.0 Å². The van der Waals surface area contributed by atoms with Crippen molar-refractivity contribution in [3.05, 3.63) is 53.6 Å². The molecule has 2 rings (SSSR count). The van der Waals surface area contributed by atoms with Gasteiger partial charge in [0.25, 0.3) is 0 Å². The highest BCUT2D eigenvalue weighted by molar-refractivity contribution is 5.55. The summed E-state index contributed by atoms with van der Waals surface area (Å²) in [6.07, 6.45) is 0. The van der Waals surface area contributed by atoms with Gasteiger partial charge in [-0.2, -0.15) is 10.2 Å². The zero-order chi connectivity index (χ0) is 15.1. The van der Waals surface area contributed by atoms with Gasteiger partial charge in [-0.05, 0) is 24.3 Å². The highest BCUT2D eigenvalue weighted by Gasteiger charge is 2.02. The molecule has 0 amide bonds. The molecule has 110 valence electrons. The standard InChI is InChI=1S/C16H19N3O2/c1-20-10-12-5-3-4-6-16(12)19-18-14-7-8-15(17)13(9-14)11-21-2/h3-9H,10-11,17H2,1-2H3/b19-18+. The maximum absolute atomic E-state index is 5.88. The number of hydrogen-bond donors (Lipinski definition) is 1. The van der Waals surface area contributed by atoms with Gasteiger partial charge in [-0.1, -0.05) is 18.2 Å². The predicted molar refractivity (Wildman–Crippen MR) is 82.9 cm³/mol. The molecular weight excluding hydrogens is 266 g/mol. The predicted octanol–water partition coefficient (Wildman–Crippen LogP) is 3.98. The highest BCUT2D eigenvalue weighted by atomic mass is 16.5. The second-order valence-electron chi connectivity index (χ2n) is 4.58. The lowest BCUT2D eigenvalue weighted by Crippen LogP contribution is -1.95. The molecule has 0 aliphatic heterocycles. The van der Waals surface area contributed by atoms with E-state index >= 15 is 0 Å². The highest BCUT2D eigenvalue weighted by Crippen LogP contribution is 2.25. The van der Waals surface area contributed by atoms with Gasteiger partial charge in [0.15, 0.2) is 0 Å². The van der Waals surface area contributed by atoms with E-state index in [-0.39, 0.29) is 0 Å². The Balaban J connectivity index is 2.23. The first kappa shape index (κ1) is 15.2. The number of ether oxygens (including phenoxy) is 2. The summed E-state index contributed by atoms with van der Waals surface area (Å²) in [5, 5.41) is 8.55. The fourth-order valence-corrected chi connectivity index (χ4v) is 1.93. The fraction of sp³-hybridized carbons (Fsp3) is 0.250. The van der Waals surface area contributed by atoms with Crippen LogP contribution >= 0.6 is 0 Å². The van der Waals surface area contributed by atoms with Crippen LogP contribution in [0.3, 0.4) is 0 Å². The van der Waals surface area contributed by atoms with Crippen LogP contribution in [0.15, 0.2) is 52.7 Å². The van der Waals surface area contributed by atoms with Crippen molar-refractivity contribution in [2.45, 2.75) is 13.2 Å². The Morgan fingerprint density at radius 2 is 1.62 bits per heavy atom. The molecule has 0 radical (unpaired) electrons. The van der Waals surface area contributed by atoms with Crippen LogP contribution in [0.1, 0.15) is 11.1 Å². The second-order valence-corrected chi connectivity index (χ2v) is 4.58. The van der Waals surface area contributed by atoms with E-state index in [0.717, 1.165) is 22.5 Å². The molecule has 0 saturated carbocycles. The minimum atomic E-state index is 0.454. The first-order valence-electron chi connectivity index (χ1n) is 6.60. The lowest BCUT2D eigenvalue weighted by molar-refractivity contribution is 0.185. The Labute approximate surface area is 124 Å². The molecule has 0 aliphatic carbocycles. The molecule has 2 aromatic rings. The lowest BCUT2D eigenvalue weighted by Gasteiger charge is -2.05. The molecule has 0 aliphatic rings. The van der Waals surface area contributed by atoms with Gasteiger partial charge in [0.1, 0.15) is 0 Å². The first-order chi connectivity index (χ1) is 10.2. The number of hydrogen-bond acceptors (Lipinski definition) is 5. The van der Waals surface area contributed by atoms with E-state index in [4.69, 9.17) is 15.2 Å². The monoisotopic (exact) mass is 285 g/mol.